The van der Waals surface area contributed by atoms with E-state index in [9.17, 15) is 9.59 Å². The van der Waals surface area contributed by atoms with Crippen LogP contribution in [-0.4, -0.2) is 47.8 Å². The molecule has 124 valence electrons. The Bertz CT molecular complexity index is 750. The molecule has 0 radical (unpaired) electrons. The lowest BCUT2D eigenvalue weighted by atomic mass is 10.2. The van der Waals surface area contributed by atoms with Gasteiger partial charge in [-0.25, -0.2) is 0 Å². The smallest absolute Gasteiger partial charge is 0.264 e. The molecule has 2 aromatic rings. The Balaban J connectivity index is 1.55. The third kappa shape index (κ3) is 3.94. The van der Waals surface area contributed by atoms with E-state index in [-0.39, 0.29) is 11.8 Å². The summed E-state index contributed by atoms with van der Waals surface area (Å²) in [6, 6.07) is 11.5. The van der Waals surface area contributed by atoms with Crippen LogP contribution in [0.2, 0.25) is 0 Å². The highest BCUT2D eigenvalue weighted by atomic mass is 79.9. The average Bonchev–Trinajstić information content (AvgIpc) is 3.15. The Kier molecular flexibility index (Phi) is 5.48. The number of hydrogen-bond donors (Lipinski definition) is 0. The molecule has 1 aromatic carbocycles. The third-order valence-corrected chi connectivity index (χ3v) is 5.50. The molecule has 0 N–H and O–H groups in total. The van der Waals surface area contributed by atoms with Crippen LogP contribution >= 0.6 is 27.3 Å². The molecule has 1 aliphatic rings. The van der Waals surface area contributed by atoms with Crippen molar-refractivity contribution in [1.82, 2.24) is 9.80 Å². The molecule has 24 heavy (non-hydrogen) atoms. The Morgan fingerprint density at radius 2 is 1.71 bits per heavy atom. The molecule has 0 atom stereocenters. The fraction of sp³-hybridized carbons (Fsp3) is 0.222. The highest BCUT2D eigenvalue weighted by Gasteiger charge is 2.24. The van der Waals surface area contributed by atoms with Crippen LogP contribution in [-0.2, 0) is 4.79 Å². The van der Waals surface area contributed by atoms with Gasteiger partial charge < -0.3 is 9.80 Å². The quantitative estimate of drug-likeness (QED) is 0.734. The minimum atomic E-state index is -0.0195. The summed E-state index contributed by atoms with van der Waals surface area (Å²) in [5.74, 6) is 0.0369. The molecule has 2 heterocycles. The van der Waals surface area contributed by atoms with Gasteiger partial charge in [-0.1, -0.05) is 40.2 Å². The summed E-state index contributed by atoms with van der Waals surface area (Å²) in [5.41, 5.74) is 0.970. The zero-order chi connectivity index (χ0) is 16.9. The normalized spacial score (nSPS) is 15.0. The van der Waals surface area contributed by atoms with E-state index in [1.807, 2.05) is 52.8 Å². The molecule has 2 amide bonds. The summed E-state index contributed by atoms with van der Waals surface area (Å²) in [6.45, 7) is 2.28. The molecular formula is C18H17BrN2O2S. The minimum Gasteiger partial charge on any atom is -0.336 e. The standard InChI is InChI=1S/C18H17BrN2O2S/c19-15-5-2-1-4-14(15)7-8-17(22)20-9-11-21(12-10-20)18(23)16-6-3-13-24-16/h1-8,13H,9-12H2/b8-7+. The zero-order valence-corrected chi connectivity index (χ0v) is 15.4. The lowest BCUT2D eigenvalue weighted by Crippen LogP contribution is -2.50. The molecule has 1 aromatic heterocycles. The van der Waals surface area contributed by atoms with Gasteiger partial charge >= 0.3 is 0 Å². The number of nitrogens with zero attached hydrogens (tertiary/aromatic N) is 2. The summed E-state index contributed by atoms with van der Waals surface area (Å²) < 4.78 is 0.959. The number of carbonyl (C=O) groups excluding carboxylic acids is 2. The van der Waals surface area contributed by atoms with Gasteiger partial charge in [-0.3, -0.25) is 9.59 Å². The average molecular weight is 405 g/mol. The summed E-state index contributed by atoms with van der Waals surface area (Å²) in [6.07, 6.45) is 3.41. The molecule has 0 unspecified atom stereocenters. The first-order valence-corrected chi connectivity index (χ1v) is 9.37. The second-order valence-corrected chi connectivity index (χ2v) is 7.25. The molecule has 1 fully saturated rings. The van der Waals surface area contributed by atoms with E-state index in [0.717, 1.165) is 14.9 Å². The molecule has 0 saturated carbocycles. The molecule has 3 rings (SSSR count). The van der Waals surface area contributed by atoms with Crippen molar-refractivity contribution in [3.63, 3.8) is 0 Å². The van der Waals surface area contributed by atoms with Crippen LogP contribution in [0.25, 0.3) is 6.08 Å². The van der Waals surface area contributed by atoms with Crippen molar-refractivity contribution in [2.45, 2.75) is 0 Å². The molecule has 0 bridgehead atoms. The van der Waals surface area contributed by atoms with E-state index >= 15 is 0 Å². The van der Waals surface area contributed by atoms with E-state index in [0.29, 0.717) is 26.2 Å². The predicted octanol–water partition coefficient (Wildman–Crippen LogP) is 3.51. The highest BCUT2D eigenvalue weighted by molar-refractivity contribution is 9.10. The van der Waals surface area contributed by atoms with Crippen molar-refractivity contribution >= 4 is 45.2 Å². The van der Waals surface area contributed by atoms with Gasteiger partial charge in [0, 0.05) is 36.7 Å². The largest absolute Gasteiger partial charge is 0.336 e. The summed E-state index contributed by atoms with van der Waals surface area (Å²) in [7, 11) is 0. The van der Waals surface area contributed by atoms with Crippen LogP contribution in [0.4, 0.5) is 0 Å². The minimum absolute atomic E-state index is 0.0195. The van der Waals surface area contributed by atoms with Crippen LogP contribution in [0.5, 0.6) is 0 Å². The number of amides is 2. The van der Waals surface area contributed by atoms with Gasteiger partial charge in [0.1, 0.15) is 0 Å². The van der Waals surface area contributed by atoms with Crippen molar-refractivity contribution in [1.29, 1.82) is 0 Å². The SMILES string of the molecule is O=C(/C=C/c1ccccc1Br)N1CCN(C(=O)c2cccs2)CC1. The monoisotopic (exact) mass is 404 g/mol. The van der Waals surface area contributed by atoms with Crippen molar-refractivity contribution in [2.75, 3.05) is 26.2 Å². The maximum Gasteiger partial charge on any atom is 0.264 e. The van der Waals surface area contributed by atoms with Crippen molar-refractivity contribution < 1.29 is 9.59 Å². The summed E-state index contributed by atoms with van der Waals surface area (Å²) in [4.78, 5) is 29.0. The van der Waals surface area contributed by atoms with E-state index in [1.165, 1.54) is 11.3 Å². The fourth-order valence-electron chi connectivity index (χ4n) is 2.56. The fourth-order valence-corrected chi connectivity index (χ4v) is 3.67. The number of rotatable bonds is 3. The molecule has 0 aliphatic carbocycles. The third-order valence-electron chi connectivity index (χ3n) is 3.92. The number of benzene rings is 1. The van der Waals surface area contributed by atoms with Crippen LogP contribution < -0.4 is 0 Å². The maximum atomic E-state index is 12.3. The molecular weight excluding hydrogens is 388 g/mol. The first-order valence-electron chi connectivity index (χ1n) is 7.69. The predicted molar refractivity (Wildman–Crippen MR) is 100.0 cm³/mol. The van der Waals surface area contributed by atoms with Gasteiger partial charge in [0.05, 0.1) is 4.88 Å². The van der Waals surface area contributed by atoms with Crippen LogP contribution in [0.1, 0.15) is 15.2 Å². The van der Waals surface area contributed by atoms with E-state index in [1.54, 1.807) is 11.0 Å². The van der Waals surface area contributed by atoms with Crippen molar-refractivity contribution in [3.05, 3.63) is 62.8 Å². The maximum absolute atomic E-state index is 12.3. The van der Waals surface area contributed by atoms with Gasteiger partial charge in [-0.15, -0.1) is 11.3 Å². The van der Waals surface area contributed by atoms with Crippen LogP contribution in [0, 0.1) is 0 Å². The van der Waals surface area contributed by atoms with Crippen molar-refractivity contribution in [2.24, 2.45) is 0 Å². The molecule has 1 aliphatic heterocycles. The zero-order valence-electron chi connectivity index (χ0n) is 13.0. The number of thiophene rings is 1. The second-order valence-electron chi connectivity index (χ2n) is 5.45. The Morgan fingerprint density at radius 3 is 2.38 bits per heavy atom. The number of hydrogen-bond acceptors (Lipinski definition) is 3. The van der Waals surface area contributed by atoms with E-state index < -0.39 is 0 Å². The van der Waals surface area contributed by atoms with Gasteiger partial charge in [0.2, 0.25) is 5.91 Å². The highest BCUT2D eigenvalue weighted by Crippen LogP contribution is 2.18. The molecule has 4 nitrogen and oxygen atoms in total. The lowest BCUT2D eigenvalue weighted by molar-refractivity contribution is -0.127. The number of piperazine rings is 1. The van der Waals surface area contributed by atoms with Gasteiger partial charge in [0.25, 0.3) is 5.91 Å². The molecule has 6 heteroatoms. The summed E-state index contributed by atoms with van der Waals surface area (Å²) in [5, 5.41) is 1.90. The van der Waals surface area contributed by atoms with Crippen LogP contribution in [0.15, 0.2) is 52.3 Å². The van der Waals surface area contributed by atoms with E-state index in [4.69, 9.17) is 0 Å². The first kappa shape index (κ1) is 16.9. The van der Waals surface area contributed by atoms with Crippen LogP contribution in [0.3, 0.4) is 0 Å². The summed E-state index contributed by atoms with van der Waals surface area (Å²) >= 11 is 4.92. The first-order chi connectivity index (χ1) is 11.6. The Morgan fingerprint density at radius 1 is 1.00 bits per heavy atom. The Labute approximate surface area is 153 Å². The van der Waals surface area contributed by atoms with Gasteiger partial charge in [0.15, 0.2) is 0 Å². The Hall–Kier alpha value is -1.92. The number of halogens is 1. The molecule has 0 spiro atoms. The van der Waals surface area contributed by atoms with Gasteiger partial charge in [-0.2, -0.15) is 0 Å². The second kappa shape index (κ2) is 7.77. The topological polar surface area (TPSA) is 40.6 Å². The number of carbonyl (C=O) groups is 2. The van der Waals surface area contributed by atoms with E-state index in [2.05, 4.69) is 15.9 Å². The lowest BCUT2D eigenvalue weighted by Gasteiger charge is -2.34. The van der Waals surface area contributed by atoms with Gasteiger partial charge in [-0.05, 0) is 29.2 Å². The molecule has 1 saturated heterocycles. The van der Waals surface area contributed by atoms with Crippen molar-refractivity contribution in [3.8, 4) is 0 Å².